The van der Waals surface area contributed by atoms with Crippen LogP contribution >= 0.6 is 0 Å². The average Bonchev–Trinajstić information content (AvgIpc) is 3.39. The van der Waals surface area contributed by atoms with Crippen LogP contribution in [0.25, 0.3) is 11.0 Å². The van der Waals surface area contributed by atoms with Crippen molar-refractivity contribution in [3.05, 3.63) is 23.5 Å². The zero-order valence-corrected chi connectivity index (χ0v) is 15.6. The fourth-order valence-electron chi connectivity index (χ4n) is 3.58. The van der Waals surface area contributed by atoms with Gasteiger partial charge in [0.1, 0.15) is 0 Å². The van der Waals surface area contributed by atoms with Crippen molar-refractivity contribution >= 4 is 22.8 Å². The van der Waals surface area contributed by atoms with Crippen LogP contribution in [0.1, 0.15) is 61.6 Å². The number of carbonyl (C=O) groups is 2. The van der Waals surface area contributed by atoms with Crippen molar-refractivity contribution in [2.75, 3.05) is 26.2 Å². The zero-order chi connectivity index (χ0) is 18.4. The van der Waals surface area contributed by atoms with Gasteiger partial charge < -0.3 is 9.80 Å². The molecule has 0 radical (unpaired) electrons. The Balaban J connectivity index is 1.69. The third-order valence-corrected chi connectivity index (χ3v) is 5.31. The van der Waals surface area contributed by atoms with Crippen LogP contribution < -0.4 is 0 Å². The Kier molecular flexibility index (Phi) is 4.17. The Bertz CT molecular complexity index is 860. The Morgan fingerprint density at radius 2 is 1.77 bits per heavy atom. The molecule has 26 heavy (non-hydrogen) atoms. The number of amides is 2. The van der Waals surface area contributed by atoms with Crippen molar-refractivity contribution in [3.63, 3.8) is 0 Å². The second-order valence-electron chi connectivity index (χ2n) is 7.59. The Hall–Kier alpha value is -2.44. The molecule has 2 aromatic rings. The van der Waals surface area contributed by atoms with Gasteiger partial charge in [0.15, 0.2) is 5.65 Å². The van der Waals surface area contributed by atoms with Gasteiger partial charge in [-0.25, -0.2) is 9.67 Å². The third kappa shape index (κ3) is 2.95. The van der Waals surface area contributed by atoms with E-state index in [1.54, 1.807) is 18.0 Å². The van der Waals surface area contributed by atoms with Crippen LogP contribution in [0.4, 0.5) is 0 Å². The fraction of sp³-hybridized carbons (Fsp3) is 0.579. The second kappa shape index (κ2) is 6.37. The first-order valence-electron chi connectivity index (χ1n) is 9.38. The molecule has 2 aliphatic rings. The van der Waals surface area contributed by atoms with Gasteiger partial charge in [0.25, 0.3) is 5.91 Å². The van der Waals surface area contributed by atoms with E-state index in [1.165, 1.54) is 0 Å². The van der Waals surface area contributed by atoms with E-state index in [1.807, 2.05) is 15.6 Å². The summed E-state index contributed by atoms with van der Waals surface area (Å²) in [5, 5.41) is 5.29. The molecule has 0 atom stereocenters. The molecule has 7 nitrogen and oxygen atoms in total. The van der Waals surface area contributed by atoms with E-state index in [9.17, 15) is 9.59 Å². The molecule has 1 aliphatic carbocycles. The SMILES string of the molecule is CC(=O)N1CCN(C(=O)c2cc(C3CC3)nc3c2cnn3C(C)C)CC1. The number of fused-ring (bicyclic) bond motifs is 1. The molecular weight excluding hydrogens is 330 g/mol. The second-order valence-corrected chi connectivity index (χ2v) is 7.59. The van der Waals surface area contributed by atoms with Crippen LogP contribution in [-0.4, -0.2) is 62.6 Å². The summed E-state index contributed by atoms with van der Waals surface area (Å²) in [4.78, 5) is 33.2. The molecule has 2 aromatic heterocycles. The van der Waals surface area contributed by atoms with Gasteiger partial charge in [-0.2, -0.15) is 5.10 Å². The van der Waals surface area contributed by atoms with Gasteiger partial charge in [0.05, 0.1) is 17.1 Å². The fourth-order valence-corrected chi connectivity index (χ4v) is 3.58. The first kappa shape index (κ1) is 17.0. The zero-order valence-electron chi connectivity index (χ0n) is 15.6. The number of pyridine rings is 1. The van der Waals surface area contributed by atoms with Crippen LogP contribution in [0.2, 0.25) is 0 Å². The maximum Gasteiger partial charge on any atom is 0.254 e. The minimum absolute atomic E-state index is 0.0193. The third-order valence-electron chi connectivity index (χ3n) is 5.31. The summed E-state index contributed by atoms with van der Waals surface area (Å²) < 4.78 is 1.89. The lowest BCUT2D eigenvalue weighted by Gasteiger charge is -2.34. The van der Waals surface area contributed by atoms with Gasteiger partial charge in [-0.15, -0.1) is 0 Å². The van der Waals surface area contributed by atoms with Gasteiger partial charge in [-0.3, -0.25) is 9.59 Å². The van der Waals surface area contributed by atoms with E-state index in [-0.39, 0.29) is 17.9 Å². The maximum atomic E-state index is 13.2. The van der Waals surface area contributed by atoms with E-state index < -0.39 is 0 Å². The van der Waals surface area contributed by atoms with Gasteiger partial charge >= 0.3 is 0 Å². The largest absolute Gasteiger partial charge is 0.339 e. The summed E-state index contributed by atoms with van der Waals surface area (Å²) >= 11 is 0. The highest BCUT2D eigenvalue weighted by Gasteiger charge is 2.30. The molecule has 0 N–H and O–H groups in total. The van der Waals surface area contributed by atoms with Crippen LogP contribution in [0, 0.1) is 0 Å². The summed E-state index contributed by atoms with van der Waals surface area (Å²) in [6, 6.07) is 2.16. The molecule has 1 saturated heterocycles. The van der Waals surface area contributed by atoms with Crippen molar-refractivity contribution in [3.8, 4) is 0 Å². The summed E-state index contributed by atoms with van der Waals surface area (Å²) in [6.45, 7) is 8.04. The lowest BCUT2D eigenvalue weighted by atomic mass is 10.1. The number of hydrogen-bond acceptors (Lipinski definition) is 4. The molecule has 2 amide bonds. The molecule has 0 aromatic carbocycles. The molecule has 1 aliphatic heterocycles. The van der Waals surface area contributed by atoms with Gasteiger partial charge in [-0.05, 0) is 32.8 Å². The molecule has 0 spiro atoms. The molecule has 4 rings (SSSR count). The standard InChI is InChI=1S/C19H25N5O2/c1-12(2)24-18-16(11-20-24)15(10-17(21-18)14-4-5-14)19(26)23-8-6-22(7-9-23)13(3)25/h10-12,14H,4-9H2,1-3H3. The van der Waals surface area contributed by atoms with Crippen molar-refractivity contribution in [1.29, 1.82) is 0 Å². The molecule has 3 heterocycles. The predicted molar refractivity (Wildman–Crippen MR) is 98.0 cm³/mol. The Morgan fingerprint density at radius 3 is 2.35 bits per heavy atom. The highest BCUT2D eigenvalue weighted by Crippen LogP contribution is 2.40. The molecular formula is C19H25N5O2. The van der Waals surface area contributed by atoms with Crippen molar-refractivity contribution in [2.45, 2.75) is 45.6 Å². The molecule has 1 saturated carbocycles. The molecule has 2 fully saturated rings. The number of hydrogen-bond donors (Lipinski definition) is 0. The first-order chi connectivity index (χ1) is 12.5. The van der Waals surface area contributed by atoms with E-state index in [2.05, 4.69) is 18.9 Å². The Labute approximate surface area is 153 Å². The number of carbonyl (C=O) groups excluding carboxylic acids is 2. The quantitative estimate of drug-likeness (QED) is 0.846. The lowest BCUT2D eigenvalue weighted by Crippen LogP contribution is -2.50. The number of aromatic nitrogens is 3. The monoisotopic (exact) mass is 355 g/mol. The molecule has 0 bridgehead atoms. The summed E-state index contributed by atoms with van der Waals surface area (Å²) in [7, 11) is 0. The van der Waals surface area contributed by atoms with Crippen molar-refractivity contribution in [1.82, 2.24) is 24.6 Å². The molecule has 0 unspecified atom stereocenters. The lowest BCUT2D eigenvalue weighted by molar-refractivity contribution is -0.130. The van der Waals surface area contributed by atoms with Crippen molar-refractivity contribution in [2.24, 2.45) is 0 Å². The number of nitrogens with zero attached hydrogens (tertiary/aromatic N) is 5. The van der Waals surface area contributed by atoms with Gasteiger partial charge in [-0.1, -0.05) is 0 Å². The first-order valence-corrected chi connectivity index (χ1v) is 9.38. The average molecular weight is 355 g/mol. The maximum absolute atomic E-state index is 13.2. The minimum atomic E-state index is 0.0193. The van der Waals surface area contributed by atoms with Crippen LogP contribution in [-0.2, 0) is 4.79 Å². The summed E-state index contributed by atoms with van der Waals surface area (Å²) in [6.07, 6.45) is 4.04. The van der Waals surface area contributed by atoms with Crippen LogP contribution in [0.15, 0.2) is 12.3 Å². The highest BCUT2D eigenvalue weighted by atomic mass is 16.2. The number of piperazine rings is 1. The topological polar surface area (TPSA) is 71.3 Å². The van der Waals surface area contributed by atoms with E-state index in [0.717, 1.165) is 29.6 Å². The molecule has 138 valence electrons. The smallest absolute Gasteiger partial charge is 0.254 e. The van der Waals surface area contributed by atoms with Crippen LogP contribution in [0.3, 0.4) is 0 Å². The van der Waals surface area contributed by atoms with Gasteiger partial charge in [0.2, 0.25) is 5.91 Å². The Morgan fingerprint density at radius 1 is 1.12 bits per heavy atom. The van der Waals surface area contributed by atoms with E-state index >= 15 is 0 Å². The van der Waals surface area contributed by atoms with Gasteiger partial charge in [0, 0.05) is 50.8 Å². The minimum Gasteiger partial charge on any atom is -0.339 e. The molecule has 7 heteroatoms. The van der Waals surface area contributed by atoms with Crippen molar-refractivity contribution < 1.29 is 9.59 Å². The predicted octanol–water partition coefficient (Wildman–Crippen LogP) is 2.19. The number of rotatable bonds is 3. The van der Waals surface area contributed by atoms with E-state index in [0.29, 0.717) is 37.7 Å². The summed E-state index contributed by atoms with van der Waals surface area (Å²) in [5.74, 6) is 0.555. The normalized spacial score (nSPS) is 18.0. The summed E-state index contributed by atoms with van der Waals surface area (Å²) in [5.41, 5.74) is 2.50. The highest BCUT2D eigenvalue weighted by molar-refractivity contribution is 6.05. The van der Waals surface area contributed by atoms with Crippen LogP contribution in [0.5, 0.6) is 0 Å². The van der Waals surface area contributed by atoms with E-state index in [4.69, 9.17) is 4.98 Å².